The lowest BCUT2D eigenvalue weighted by atomic mass is 10.0. The van der Waals surface area contributed by atoms with Crippen LogP contribution in [0.1, 0.15) is 39.2 Å². The van der Waals surface area contributed by atoms with Crippen LogP contribution in [0.15, 0.2) is 36.4 Å². The van der Waals surface area contributed by atoms with E-state index in [1.54, 1.807) is 0 Å². The summed E-state index contributed by atoms with van der Waals surface area (Å²) in [5, 5.41) is 0.240. The normalized spacial score (nSPS) is 14.2. The molecule has 22 heavy (non-hydrogen) atoms. The highest BCUT2D eigenvalue weighted by Gasteiger charge is 2.36. The molecule has 0 N–H and O–H groups in total. The van der Waals surface area contributed by atoms with E-state index >= 15 is 0 Å². The second-order valence-corrected chi connectivity index (χ2v) is 12.1. The Hall–Kier alpha value is -1.19. The lowest BCUT2D eigenvalue weighted by molar-refractivity contribution is -0.110. The van der Waals surface area contributed by atoms with Gasteiger partial charge in [0.2, 0.25) is 0 Å². The summed E-state index contributed by atoms with van der Waals surface area (Å²) >= 11 is 0. The molecule has 0 fully saturated rings. The highest BCUT2D eigenvalue weighted by Crippen LogP contribution is 2.36. The highest BCUT2D eigenvalue weighted by atomic mass is 28.4. The van der Waals surface area contributed by atoms with Crippen molar-refractivity contribution in [2.24, 2.45) is 5.92 Å². The van der Waals surface area contributed by atoms with E-state index in [9.17, 15) is 4.79 Å². The highest BCUT2D eigenvalue weighted by molar-refractivity contribution is 6.74. The van der Waals surface area contributed by atoms with Gasteiger partial charge in [0.1, 0.15) is 6.29 Å². The Balaban J connectivity index is 2.39. The summed E-state index contributed by atoms with van der Waals surface area (Å²) in [4.78, 5) is 11.2. The van der Waals surface area contributed by atoms with Crippen LogP contribution in [0, 0.1) is 5.92 Å². The molecular formula is C19H30O2Si. The van der Waals surface area contributed by atoms with Gasteiger partial charge >= 0.3 is 0 Å². The fraction of sp³-hybridized carbons (Fsp3) is 0.526. The smallest absolute Gasteiger partial charge is 0.191 e. The molecule has 0 bridgehead atoms. The average Bonchev–Trinajstić information content (AvgIpc) is 2.46. The Morgan fingerprint density at radius 3 is 2.36 bits per heavy atom. The molecule has 0 unspecified atom stereocenters. The molecule has 2 nitrogen and oxygen atoms in total. The second-order valence-electron chi connectivity index (χ2n) is 7.32. The molecule has 1 atom stereocenters. The van der Waals surface area contributed by atoms with Crippen molar-refractivity contribution in [1.82, 2.24) is 0 Å². The summed E-state index contributed by atoms with van der Waals surface area (Å²) in [6.45, 7) is 12.0. The molecular weight excluding hydrogens is 288 g/mol. The number of allylic oxidation sites excluding steroid dienone is 1. The minimum Gasteiger partial charge on any atom is -0.417 e. The maximum atomic E-state index is 11.2. The molecule has 3 heteroatoms. The van der Waals surface area contributed by atoms with Crippen LogP contribution in [0.4, 0.5) is 0 Å². The quantitative estimate of drug-likeness (QED) is 0.368. The van der Waals surface area contributed by atoms with Crippen molar-refractivity contribution in [1.29, 1.82) is 0 Å². The van der Waals surface area contributed by atoms with Crippen molar-refractivity contribution in [2.45, 2.75) is 51.7 Å². The van der Waals surface area contributed by atoms with Crippen molar-refractivity contribution in [3.8, 4) is 0 Å². The van der Waals surface area contributed by atoms with Gasteiger partial charge in [-0.15, -0.1) is 0 Å². The Labute approximate surface area is 136 Å². The molecule has 0 aliphatic rings. The minimum atomic E-state index is -1.66. The minimum absolute atomic E-state index is 0.0248. The van der Waals surface area contributed by atoms with Crippen LogP contribution < -0.4 is 0 Å². The van der Waals surface area contributed by atoms with E-state index in [1.807, 2.05) is 42.5 Å². The number of benzene rings is 1. The molecule has 0 aliphatic carbocycles. The van der Waals surface area contributed by atoms with Gasteiger partial charge in [0.05, 0.1) is 0 Å². The van der Waals surface area contributed by atoms with Gasteiger partial charge in [0.15, 0.2) is 8.32 Å². The summed E-state index contributed by atoms with van der Waals surface area (Å²) in [6.07, 6.45) is 6.82. The summed E-state index contributed by atoms with van der Waals surface area (Å²) in [5.74, 6) is -0.0248. The van der Waals surface area contributed by atoms with Crippen LogP contribution in [0.3, 0.4) is 0 Å². The lowest BCUT2D eigenvalue weighted by Gasteiger charge is -2.36. The first-order valence-corrected chi connectivity index (χ1v) is 11.0. The maximum Gasteiger partial charge on any atom is 0.191 e. The van der Waals surface area contributed by atoms with Crippen LogP contribution in [0.2, 0.25) is 18.1 Å². The predicted octanol–water partition coefficient (Wildman–Crippen LogP) is 5.32. The van der Waals surface area contributed by atoms with Gasteiger partial charge in [0.25, 0.3) is 0 Å². The molecule has 1 rings (SSSR count). The molecule has 0 radical (unpaired) electrons. The van der Waals surface area contributed by atoms with Gasteiger partial charge in [-0.05, 0) is 36.5 Å². The zero-order valence-electron chi connectivity index (χ0n) is 14.6. The predicted molar refractivity (Wildman–Crippen MR) is 97.4 cm³/mol. The molecule has 0 saturated carbocycles. The van der Waals surface area contributed by atoms with E-state index in [0.717, 1.165) is 31.3 Å². The lowest BCUT2D eigenvalue weighted by Crippen LogP contribution is -2.41. The third-order valence-electron chi connectivity index (χ3n) is 4.46. The van der Waals surface area contributed by atoms with Crippen LogP contribution in [-0.2, 0) is 9.22 Å². The van der Waals surface area contributed by atoms with Crippen molar-refractivity contribution in [2.75, 3.05) is 6.61 Å². The summed E-state index contributed by atoms with van der Waals surface area (Å²) in [6, 6.07) is 10.1. The summed E-state index contributed by atoms with van der Waals surface area (Å²) in [7, 11) is -1.66. The van der Waals surface area contributed by atoms with Crippen LogP contribution in [0.25, 0.3) is 6.08 Å². The van der Waals surface area contributed by atoms with Crippen molar-refractivity contribution in [3.05, 3.63) is 42.0 Å². The number of hydrogen-bond acceptors (Lipinski definition) is 2. The van der Waals surface area contributed by atoms with E-state index < -0.39 is 8.32 Å². The maximum absolute atomic E-state index is 11.2. The van der Waals surface area contributed by atoms with Gasteiger partial charge in [-0.1, -0.05) is 63.3 Å². The van der Waals surface area contributed by atoms with Crippen molar-refractivity contribution < 1.29 is 9.22 Å². The number of carbonyl (C=O) groups excluding carboxylic acids is 1. The third-order valence-corrected chi connectivity index (χ3v) is 9.00. The van der Waals surface area contributed by atoms with Crippen LogP contribution in [-0.4, -0.2) is 21.2 Å². The van der Waals surface area contributed by atoms with Crippen molar-refractivity contribution in [3.63, 3.8) is 0 Å². The van der Waals surface area contributed by atoms with Gasteiger partial charge < -0.3 is 9.22 Å². The first kappa shape index (κ1) is 18.9. The molecule has 1 aromatic rings. The van der Waals surface area contributed by atoms with Gasteiger partial charge in [-0.25, -0.2) is 0 Å². The molecule has 122 valence electrons. The molecule has 0 amide bonds. The molecule has 0 saturated heterocycles. The first-order chi connectivity index (χ1) is 10.3. The zero-order chi connectivity index (χ0) is 16.6. The van der Waals surface area contributed by atoms with E-state index in [0.29, 0.717) is 0 Å². The van der Waals surface area contributed by atoms with E-state index in [2.05, 4.69) is 33.9 Å². The van der Waals surface area contributed by atoms with E-state index in [4.69, 9.17) is 4.43 Å². The Kier molecular flexibility index (Phi) is 7.24. The number of hydrogen-bond donors (Lipinski definition) is 0. The van der Waals surface area contributed by atoms with Gasteiger partial charge in [-0.3, -0.25) is 0 Å². The number of aldehydes is 1. The van der Waals surface area contributed by atoms with Crippen LogP contribution in [0.5, 0.6) is 0 Å². The molecule has 0 heterocycles. The fourth-order valence-corrected chi connectivity index (χ4v) is 2.96. The number of carbonyl (C=O) groups is 1. The van der Waals surface area contributed by atoms with E-state index in [-0.39, 0.29) is 11.0 Å². The second kappa shape index (κ2) is 8.44. The van der Waals surface area contributed by atoms with E-state index in [1.165, 1.54) is 0 Å². The average molecular weight is 319 g/mol. The first-order valence-electron chi connectivity index (χ1n) is 8.09. The molecule has 0 spiro atoms. The largest absolute Gasteiger partial charge is 0.417 e. The Morgan fingerprint density at radius 1 is 1.18 bits per heavy atom. The number of rotatable bonds is 8. The zero-order valence-corrected chi connectivity index (χ0v) is 15.6. The molecule has 0 aliphatic heterocycles. The summed E-state index contributed by atoms with van der Waals surface area (Å²) in [5.41, 5.74) is 1.13. The monoisotopic (exact) mass is 318 g/mol. The van der Waals surface area contributed by atoms with Gasteiger partial charge in [0, 0.05) is 12.5 Å². The summed E-state index contributed by atoms with van der Waals surface area (Å²) < 4.78 is 6.15. The fourth-order valence-electron chi connectivity index (χ4n) is 1.87. The molecule has 1 aromatic carbocycles. The Morgan fingerprint density at radius 2 is 1.82 bits per heavy atom. The Bertz CT molecular complexity index is 472. The third kappa shape index (κ3) is 6.28. The topological polar surface area (TPSA) is 26.3 Å². The van der Waals surface area contributed by atoms with Crippen LogP contribution >= 0.6 is 0 Å². The van der Waals surface area contributed by atoms with Crippen molar-refractivity contribution >= 4 is 20.7 Å². The van der Waals surface area contributed by atoms with Gasteiger partial charge in [-0.2, -0.15) is 0 Å². The molecule has 0 aromatic heterocycles. The standard InChI is InChI=1S/C19H30O2Si/c1-19(2,3)22(4,5)21-15-9-12-18(16-20)14-13-17-10-7-6-8-11-17/h6-8,10-11,13-14,16,18H,9,12,15H2,1-5H3/b14-13+/t18-/m0/s1. The SMILES string of the molecule is CC(C)(C)[Si](C)(C)OCCC[C@H](C=O)/C=C/c1ccccc1.